The quantitative estimate of drug-likeness (QED) is 0.141. The molecule has 0 N–H and O–H groups in total. The fourth-order valence-electron chi connectivity index (χ4n) is 7.82. The van der Waals surface area contributed by atoms with Gasteiger partial charge in [0.1, 0.15) is 6.15 Å². The first-order valence-electron chi connectivity index (χ1n) is 21.3. The number of alkyl halides is 24. The Kier molecular flexibility index (Phi) is 20.3. The third kappa shape index (κ3) is 16.9. The van der Waals surface area contributed by atoms with Crippen molar-refractivity contribution in [1.82, 2.24) is 0 Å². The van der Waals surface area contributed by atoms with Crippen molar-refractivity contribution in [3.8, 4) is 0 Å². The molecule has 0 aliphatic heterocycles. The minimum absolute atomic E-state index is 0. The zero-order valence-corrected chi connectivity index (χ0v) is 39.6. The Balaban J connectivity index is 0.000000717. The van der Waals surface area contributed by atoms with Gasteiger partial charge in [-0.1, -0.05) is 97.1 Å². The molecule has 0 atom stereocenters. The minimum atomic E-state index is -6.13. The van der Waals surface area contributed by atoms with Gasteiger partial charge in [-0.2, -0.15) is 127 Å². The number of benzene rings is 4. The number of halogens is 24. The van der Waals surface area contributed by atoms with Crippen LogP contribution in [0.25, 0.3) is 0 Å². The van der Waals surface area contributed by atoms with Crippen LogP contribution < -0.4 is 21.9 Å². The molecule has 0 spiro atoms. The predicted molar refractivity (Wildman–Crippen MR) is 224 cm³/mol. The second-order valence-electron chi connectivity index (χ2n) is 16.5. The fraction of sp³-hybridized carbons (Fsp3) is 0.333. The minimum Gasteiger partial charge on any atom is -0.194 e. The zero-order valence-electron chi connectivity index (χ0n) is 37.2. The van der Waals surface area contributed by atoms with Gasteiger partial charge in [0.05, 0.1) is 44.5 Å². The molecular formula is C48H36BF24Ir. The SMILES string of the molecule is C1=C\CCCC\C=C/1.C1=C\CCCC\C=C/1.FC(F)(F)c1cc([B-](c2cc(C(F)(F)F)cc(C(F)(F)F)c2)(c2cc(C(F)(F)F)cc(C(F)(F)F)c2)c2cc(C(F)(F)F)cc(C(F)(F)F)c2)cc(C(F)(F)F)c1.[Ir+]. The summed E-state index contributed by atoms with van der Waals surface area (Å²) in [5.41, 5.74) is -30.2. The van der Waals surface area contributed by atoms with Crippen LogP contribution in [0.4, 0.5) is 105 Å². The Morgan fingerprint density at radius 1 is 0.230 bits per heavy atom. The molecule has 2 aliphatic rings. The van der Waals surface area contributed by atoms with E-state index < -0.39 is 195 Å². The third-order valence-corrected chi connectivity index (χ3v) is 11.2. The van der Waals surface area contributed by atoms with Crippen molar-refractivity contribution in [3.05, 3.63) is 166 Å². The van der Waals surface area contributed by atoms with Crippen LogP contribution in [0, 0.1) is 0 Å². The largest absolute Gasteiger partial charge is 1.00 e. The van der Waals surface area contributed by atoms with Gasteiger partial charge in [0.15, 0.2) is 0 Å². The first-order chi connectivity index (χ1) is 33.3. The first kappa shape index (κ1) is 63.2. The topological polar surface area (TPSA) is 0 Å². The maximum Gasteiger partial charge on any atom is 1.00 e. The van der Waals surface area contributed by atoms with Crippen LogP contribution in [0.15, 0.2) is 121 Å². The fourth-order valence-corrected chi connectivity index (χ4v) is 7.82. The van der Waals surface area contributed by atoms with E-state index in [4.69, 9.17) is 0 Å². The molecule has 74 heavy (non-hydrogen) atoms. The molecule has 0 amide bonds. The monoisotopic (exact) mass is 1270 g/mol. The Hall–Kier alpha value is -5.13. The van der Waals surface area contributed by atoms with Crippen LogP contribution in [0.5, 0.6) is 0 Å². The molecule has 4 aromatic carbocycles. The van der Waals surface area contributed by atoms with E-state index in [1.165, 1.54) is 51.4 Å². The number of allylic oxidation sites excluding steroid dienone is 8. The second-order valence-corrected chi connectivity index (χ2v) is 16.5. The molecule has 0 heterocycles. The smallest absolute Gasteiger partial charge is 0.194 e. The maximum atomic E-state index is 14.2. The summed E-state index contributed by atoms with van der Waals surface area (Å²) >= 11 is 0. The van der Waals surface area contributed by atoms with E-state index in [0.717, 1.165) is 0 Å². The molecule has 0 saturated heterocycles. The summed E-state index contributed by atoms with van der Waals surface area (Å²) in [6.45, 7) is 0. The molecule has 0 fully saturated rings. The van der Waals surface area contributed by atoms with E-state index in [9.17, 15) is 105 Å². The van der Waals surface area contributed by atoms with Crippen LogP contribution in [0.3, 0.4) is 0 Å². The van der Waals surface area contributed by atoms with Gasteiger partial charge in [-0.05, 0) is 75.6 Å². The van der Waals surface area contributed by atoms with Gasteiger partial charge in [0.25, 0.3) is 0 Å². The van der Waals surface area contributed by atoms with E-state index >= 15 is 0 Å². The van der Waals surface area contributed by atoms with Crippen molar-refractivity contribution in [1.29, 1.82) is 0 Å². The van der Waals surface area contributed by atoms with Crippen molar-refractivity contribution < 1.29 is 125 Å². The molecule has 6 rings (SSSR count). The van der Waals surface area contributed by atoms with Gasteiger partial charge in [-0.25, -0.2) is 0 Å². The molecule has 408 valence electrons. The van der Waals surface area contributed by atoms with Gasteiger partial charge in [0.2, 0.25) is 0 Å². The van der Waals surface area contributed by atoms with E-state index in [2.05, 4.69) is 48.6 Å². The summed E-state index contributed by atoms with van der Waals surface area (Å²) in [7, 11) is 0. The summed E-state index contributed by atoms with van der Waals surface area (Å²) in [5, 5.41) is 0. The molecule has 4 aromatic rings. The average molecular weight is 1270 g/mol. The summed E-state index contributed by atoms with van der Waals surface area (Å²) in [5.74, 6) is 0. The number of rotatable bonds is 4. The third-order valence-electron chi connectivity index (χ3n) is 11.2. The second kappa shape index (κ2) is 23.8. The van der Waals surface area contributed by atoms with Crippen molar-refractivity contribution in [2.75, 3.05) is 0 Å². The molecular weight excluding hydrogens is 1240 g/mol. The van der Waals surface area contributed by atoms with Crippen LogP contribution in [-0.2, 0) is 69.5 Å². The van der Waals surface area contributed by atoms with Crippen LogP contribution in [-0.4, -0.2) is 6.15 Å². The van der Waals surface area contributed by atoms with Crippen LogP contribution in [0.2, 0.25) is 0 Å². The van der Waals surface area contributed by atoms with E-state index in [1.54, 1.807) is 0 Å². The number of hydrogen-bond acceptors (Lipinski definition) is 0. The Morgan fingerprint density at radius 3 is 0.486 bits per heavy atom. The maximum absolute atomic E-state index is 14.2. The van der Waals surface area contributed by atoms with Gasteiger partial charge in [-0.15, -0.1) is 0 Å². The molecule has 0 radical (unpaired) electrons. The molecule has 26 heteroatoms. The van der Waals surface area contributed by atoms with Gasteiger partial charge < -0.3 is 0 Å². The molecule has 0 unspecified atom stereocenters. The molecule has 0 bridgehead atoms. The molecule has 2 aliphatic carbocycles. The normalized spacial score (nSPS) is 17.1. The molecule has 0 aromatic heterocycles. The van der Waals surface area contributed by atoms with Crippen molar-refractivity contribution >= 4 is 28.0 Å². The Morgan fingerprint density at radius 2 is 0.365 bits per heavy atom. The summed E-state index contributed by atoms with van der Waals surface area (Å²) in [4.78, 5) is 0. The predicted octanol–water partition coefficient (Wildman–Crippen LogP) is 16.6. The van der Waals surface area contributed by atoms with Crippen molar-refractivity contribution in [2.45, 2.75) is 101 Å². The van der Waals surface area contributed by atoms with Gasteiger partial charge in [0, 0.05) is 0 Å². The van der Waals surface area contributed by atoms with Crippen LogP contribution >= 0.6 is 0 Å². The first-order valence-corrected chi connectivity index (χ1v) is 21.3. The van der Waals surface area contributed by atoms with Crippen molar-refractivity contribution in [3.63, 3.8) is 0 Å². The van der Waals surface area contributed by atoms with Gasteiger partial charge in [-0.3, -0.25) is 0 Å². The summed E-state index contributed by atoms with van der Waals surface area (Å²) in [6.07, 6.45) is -26.8. The summed E-state index contributed by atoms with van der Waals surface area (Å²) in [6, 6.07) is -8.81. The number of hydrogen-bond donors (Lipinski definition) is 0. The molecule has 0 saturated carbocycles. The van der Waals surface area contributed by atoms with Crippen molar-refractivity contribution in [2.24, 2.45) is 0 Å². The Bertz CT molecular complexity index is 2140. The molecule has 0 nitrogen and oxygen atoms in total. The standard InChI is InChI=1S/C32H12BF24.2C8H12.Ir/c34-25(35,36)13-1-14(26(37,38)39)6-21(5-13)33(22-7-15(27(40,41)42)2-16(8-22)28(43,44)45,23-9-17(29(46,47)48)3-18(10-23)30(49,50)51)24-11-19(31(52,53)54)4-20(12-24)32(55,56)57;2*1-2-4-6-8-7-5-3-1;/h1-12H;2*1-4H,5-8H2;/q-1;;;+1/b;2*3-1-,4-2-;. The average Bonchev–Trinajstić information content (AvgIpc) is 3.21. The summed E-state index contributed by atoms with van der Waals surface area (Å²) < 4.78 is 341. The van der Waals surface area contributed by atoms with Crippen LogP contribution in [0.1, 0.15) is 95.9 Å². The zero-order chi connectivity index (χ0) is 55.2. The Labute approximate surface area is 419 Å². The van der Waals surface area contributed by atoms with E-state index in [-0.39, 0.29) is 20.1 Å². The van der Waals surface area contributed by atoms with Gasteiger partial charge >= 0.3 is 69.5 Å². The van der Waals surface area contributed by atoms with E-state index in [1.807, 2.05) is 0 Å². The van der Waals surface area contributed by atoms with E-state index in [0.29, 0.717) is 0 Å².